The molecule has 0 fully saturated rings. The largest absolute Gasteiger partial charge is 0.481 e. The van der Waals surface area contributed by atoms with Gasteiger partial charge in [-0.15, -0.1) is 0 Å². The summed E-state index contributed by atoms with van der Waals surface area (Å²) in [5.74, 6) is 1.39. The Morgan fingerprint density at radius 2 is 1.92 bits per heavy atom. The second-order valence-corrected chi connectivity index (χ2v) is 6.04. The zero-order valence-electron chi connectivity index (χ0n) is 14.6. The molecule has 5 heteroatoms. The van der Waals surface area contributed by atoms with E-state index in [4.69, 9.17) is 9.15 Å². The summed E-state index contributed by atoms with van der Waals surface area (Å²) < 4.78 is 11.3. The van der Waals surface area contributed by atoms with E-state index in [9.17, 15) is 10.1 Å². The van der Waals surface area contributed by atoms with Gasteiger partial charge in [-0.2, -0.15) is 5.26 Å². The minimum absolute atomic E-state index is 0.171. The Morgan fingerprint density at radius 3 is 2.54 bits per heavy atom. The molecule has 0 aliphatic carbocycles. The third-order valence-electron chi connectivity index (χ3n) is 3.95. The van der Waals surface area contributed by atoms with E-state index in [1.807, 2.05) is 24.3 Å². The van der Waals surface area contributed by atoms with Gasteiger partial charge in [0.15, 0.2) is 6.10 Å². The van der Waals surface area contributed by atoms with Crippen LogP contribution in [0.3, 0.4) is 0 Å². The van der Waals surface area contributed by atoms with E-state index in [2.05, 4.69) is 25.2 Å². The Labute approximate surface area is 142 Å². The van der Waals surface area contributed by atoms with Crippen LogP contribution < -0.4 is 10.1 Å². The number of nitriles is 1. The highest BCUT2D eigenvalue weighted by molar-refractivity contribution is 5.94. The Balaban J connectivity index is 2.14. The van der Waals surface area contributed by atoms with Gasteiger partial charge >= 0.3 is 0 Å². The molecule has 0 aliphatic rings. The van der Waals surface area contributed by atoms with Crippen LogP contribution in [-0.2, 0) is 4.79 Å². The van der Waals surface area contributed by atoms with Gasteiger partial charge in [-0.05, 0) is 38.3 Å². The molecule has 1 unspecified atom stereocenters. The predicted molar refractivity (Wildman–Crippen MR) is 92.1 cm³/mol. The second-order valence-electron chi connectivity index (χ2n) is 6.04. The van der Waals surface area contributed by atoms with E-state index in [1.165, 1.54) is 0 Å². The smallest absolute Gasteiger partial charge is 0.267 e. The standard InChI is InChI=1S/C19H22N2O3/c1-11(2)15-8-6-7-9-17(15)23-14(5)18(22)21-19-16(10-20)12(3)13(4)24-19/h6-9,11,14H,1-5H3,(H,21,22). The summed E-state index contributed by atoms with van der Waals surface area (Å²) in [7, 11) is 0. The summed E-state index contributed by atoms with van der Waals surface area (Å²) in [4.78, 5) is 12.4. The lowest BCUT2D eigenvalue weighted by Gasteiger charge is -2.18. The summed E-state index contributed by atoms with van der Waals surface area (Å²) in [6.07, 6.45) is -0.720. The maximum Gasteiger partial charge on any atom is 0.267 e. The summed E-state index contributed by atoms with van der Waals surface area (Å²) >= 11 is 0. The van der Waals surface area contributed by atoms with Crippen LogP contribution in [0.4, 0.5) is 5.88 Å². The fourth-order valence-electron chi connectivity index (χ4n) is 2.37. The molecule has 1 N–H and O–H groups in total. The normalized spacial score (nSPS) is 11.9. The summed E-state index contributed by atoms with van der Waals surface area (Å²) in [5, 5.41) is 11.8. The van der Waals surface area contributed by atoms with Crippen LogP contribution in [-0.4, -0.2) is 12.0 Å². The van der Waals surface area contributed by atoms with Crippen molar-refractivity contribution in [3.05, 3.63) is 46.7 Å². The number of para-hydroxylation sites is 1. The van der Waals surface area contributed by atoms with Gasteiger partial charge in [0.05, 0.1) is 0 Å². The predicted octanol–water partition coefficient (Wildman–Crippen LogP) is 4.30. The number of carbonyl (C=O) groups is 1. The maximum atomic E-state index is 12.4. The number of benzene rings is 1. The van der Waals surface area contributed by atoms with Gasteiger partial charge in [-0.1, -0.05) is 32.0 Å². The number of nitrogens with zero attached hydrogens (tertiary/aromatic N) is 1. The first-order valence-electron chi connectivity index (χ1n) is 7.91. The number of nitrogens with one attached hydrogen (secondary N) is 1. The molecule has 1 amide bonds. The highest BCUT2D eigenvalue weighted by Crippen LogP contribution is 2.28. The summed E-state index contributed by atoms with van der Waals surface area (Å²) in [5.41, 5.74) is 2.11. The fraction of sp³-hybridized carbons (Fsp3) is 0.368. The molecule has 0 bridgehead atoms. The first-order chi connectivity index (χ1) is 11.3. The maximum absolute atomic E-state index is 12.4. The highest BCUT2D eigenvalue weighted by Gasteiger charge is 2.22. The molecule has 1 heterocycles. The zero-order chi connectivity index (χ0) is 17.9. The van der Waals surface area contributed by atoms with E-state index in [-0.39, 0.29) is 17.7 Å². The number of hydrogen-bond acceptors (Lipinski definition) is 4. The Hall–Kier alpha value is -2.74. The van der Waals surface area contributed by atoms with Gasteiger partial charge in [-0.25, -0.2) is 0 Å². The first kappa shape index (κ1) is 17.6. The number of hydrogen-bond donors (Lipinski definition) is 1. The lowest BCUT2D eigenvalue weighted by Crippen LogP contribution is -2.30. The molecule has 5 nitrogen and oxygen atoms in total. The van der Waals surface area contributed by atoms with E-state index in [0.29, 0.717) is 17.1 Å². The molecule has 24 heavy (non-hydrogen) atoms. The van der Waals surface area contributed by atoms with Gasteiger partial charge in [-0.3, -0.25) is 10.1 Å². The first-order valence-corrected chi connectivity index (χ1v) is 7.91. The number of ether oxygens (including phenoxy) is 1. The third-order valence-corrected chi connectivity index (χ3v) is 3.95. The van der Waals surface area contributed by atoms with Gasteiger partial charge in [0.25, 0.3) is 5.91 Å². The van der Waals surface area contributed by atoms with E-state index < -0.39 is 6.10 Å². The molecule has 0 saturated heterocycles. The van der Waals surface area contributed by atoms with Crippen molar-refractivity contribution < 1.29 is 13.9 Å². The lowest BCUT2D eigenvalue weighted by atomic mass is 10.0. The van der Waals surface area contributed by atoms with Gasteiger partial charge < -0.3 is 9.15 Å². The summed E-state index contributed by atoms with van der Waals surface area (Å²) in [6.45, 7) is 9.35. The monoisotopic (exact) mass is 326 g/mol. The number of amides is 1. The van der Waals surface area contributed by atoms with Crippen molar-refractivity contribution in [2.45, 2.75) is 46.6 Å². The van der Waals surface area contributed by atoms with Crippen molar-refractivity contribution >= 4 is 11.8 Å². The molecule has 1 aromatic heterocycles. The molecule has 0 aliphatic heterocycles. The third kappa shape index (κ3) is 3.60. The van der Waals surface area contributed by atoms with Crippen LogP contribution in [0.1, 0.15) is 49.1 Å². The number of rotatable bonds is 5. The van der Waals surface area contributed by atoms with Crippen LogP contribution in [0.15, 0.2) is 28.7 Å². The Kier molecular flexibility index (Phi) is 5.30. The van der Waals surface area contributed by atoms with Crippen molar-refractivity contribution in [1.29, 1.82) is 5.26 Å². The van der Waals surface area contributed by atoms with Crippen LogP contribution in [0.2, 0.25) is 0 Å². The minimum Gasteiger partial charge on any atom is -0.481 e. The SMILES string of the molecule is Cc1oc(NC(=O)C(C)Oc2ccccc2C(C)C)c(C#N)c1C. The van der Waals surface area contributed by atoms with Crippen LogP contribution in [0.5, 0.6) is 5.75 Å². The molecule has 126 valence electrons. The zero-order valence-corrected chi connectivity index (χ0v) is 14.6. The van der Waals surface area contributed by atoms with Gasteiger partial charge in [0, 0.05) is 5.56 Å². The molecule has 0 radical (unpaired) electrons. The minimum atomic E-state index is -0.720. The van der Waals surface area contributed by atoms with Crippen LogP contribution in [0, 0.1) is 25.2 Å². The number of carbonyl (C=O) groups excluding carboxylic acids is 1. The molecule has 0 saturated carbocycles. The lowest BCUT2D eigenvalue weighted by molar-refractivity contribution is -0.122. The fourth-order valence-corrected chi connectivity index (χ4v) is 2.37. The average Bonchev–Trinajstić information content (AvgIpc) is 2.81. The van der Waals surface area contributed by atoms with E-state index >= 15 is 0 Å². The molecular formula is C19H22N2O3. The van der Waals surface area contributed by atoms with Gasteiger partial charge in [0.2, 0.25) is 5.88 Å². The van der Waals surface area contributed by atoms with Crippen molar-refractivity contribution in [2.75, 3.05) is 5.32 Å². The Morgan fingerprint density at radius 1 is 1.25 bits per heavy atom. The van der Waals surface area contributed by atoms with Crippen LogP contribution >= 0.6 is 0 Å². The quantitative estimate of drug-likeness (QED) is 0.889. The van der Waals surface area contributed by atoms with E-state index in [0.717, 1.165) is 11.1 Å². The molecule has 1 atom stereocenters. The van der Waals surface area contributed by atoms with Crippen molar-refractivity contribution in [1.82, 2.24) is 0 Å². The molecule has 2 rings (SSSR count). The van der Waals surface area contributed by atoms with Crippen molar-refractivity contribution in [3.63, 3.8) is 0 Å². The van der Waals surface area contributed by atoms with E-state index in [1.54, 1.807) is 20.8 Å². The molecule has 1 aromatic carbocycles. The molecule has 0 spiro atoms. The second kappa shape index (κ2) is 7.22. The van der Waals surface area contributed by atoms with Crippen molar-refractivity contribution in [3.8, 4) is 11.8 Å². The average molecular weight is 326 g/mol. The Bertz CT molecular complexity index is 784. The van der Waals surface area contributed by atoms with Crippen LogP contribution in [0.25, 0.3) is 0 Å². The topological polar surface area (TPSA) is 75.3 Å². The number of furan rings is 1. The van der Waals surface area contributed by atoms with Gasteiger partial charge in [0.1, 0.15) is 23.1 Å². The molecular weight excluding hydrogens is 304 g/mol. The number of anilines is 1. The number of aryl methyl sites for hydroxylation is 1. The van der Waals surface area contributed by atoms with Crippen molar-refractivity contribution in [2.24, 2.45) is 0 Å². The molecule has 2 aromatic rings. The summed E-state index contributed by atoms with van der Waals surface area (Å²) in [6, 6.07) is 9.70. The highest BCUT2D eigenvalue weighted by atomic mass is 16.5.